The number of carbonyl (C=O) groups is 1. The van der Waals surface area contributed by atoms with Gasteiger partial charge in [-0.2, -0.15) is 0 Å². The van der Waals surface area contributed by atoms with E-state index in [0.717, 1.165) is 17.3 Å². The van der Waals surface area contributed by atoms with E-state index in [0.29, 0.717) is 0 Å². The van der Waals surface area contributed by atoms with Gasteiger partial charge < -0.3 is 4.90 Å². The minimum absolute atomic E-state index is 0.0430. The van der Waals surface area contributed by atoms with Crippen LogP contribution in [0.4, 0.5) is 4.39 Å². The van der Waals surface area contributed by atoms with Crippen LogP contribution in [0.25, 0.3) is 0 Å². The molecule has 1 aromatic carbocycles. The Balaban J connectivity index is 2.22. The zero-order valence-corrected chi connectivity index (χ0v) is 11.8. The van der Waals surface area contributed by atoms with Crippen LogP contribution in [0, 0.1) is 12.7 Å². The molecule has 3 nitrogen and oxygen atoms in total. The van der Waals surface area contributed by atoms with Crippen LogP contribution in [0.15, 0.2) is 42.7 Å². The highest BCUT2D eigenvalue weighted by molar-refractivity contribution is 5.94. The molecule has 0 fully saturated rings. The fraction of sp³-hybridized carbons (Fsp3) is 0.250. The number of nitrogens with zero attached hydrogens (tertiary/aromatic N) is 2. The summed E-state index contributed by atoms with van der Waals surface area (Å²) in [5.41, 5.74) is 2.22. The predicted octanol–water partition coefficient (Wildman–Crippen LogP) is 3.36. The number of amides is 1. The van der Waals surface area contributed by atoms with E-state index in [1.54, 1.807) is 7.05 Å². The van der Waals surface area contributed by atoms with Gasteiger partial charge in [-0.3, -0.25) is 9.78 Å². The first-order valence-corrected chi connectivity index (χ1v) is 6.44. The maximum atomic E-state index is 13.6. The smallest absolute Gasteiger partial charge is 0.257 e. The van der Waals surface area contributed by atoms with Crippen LogP contribution in [0.5, 0.6) is 0 Å². The zero-order valence-electron chi connectivity index (χ0n) is 11.8. The fourth-order valence-corrected chi connectivity index (χ4v) is 1.98. The van der Waals surface area contributed by atoms with Crippen molar-refractivity contribution in [3.63, 3.8) is 0 Å². The molecule has 0 radical (unpaired) electrons. The van der Waals surface area contributed by atoms with Crippen molar-refractivity contribution in [3.05, 3.63) is 65.2 Å². The Bertz CT molecular complexity index is 610. The Morgan fingerprint density at radius 1 is 1.25 bits per heavy atom. The molecular formula is C16H17FN2O. The van der Waals surface area contributed by atoms with Crippen molar-refractivity contribution in [3.8, 4) is 0 Å². The van der Waals surface area contributed by atoms with Gasteiger partial charge in [-0.25, -0.2) is 4.39 Å². The van der Waals surface area contributed by atoms with E-state index < -0.39 is 5.82 Å². The quantitative estimate of drug-likeness (QED) is 0.858. The minimum Gasteiger partial charge on any atom is -0.335 e. The summed E-state index contributed by atoms with van der Waals surface area (Å²) in [5.74, 6) is -0.946. The van der Waals surface area contributed by atoms with Crippen molar-refractivity contribution in [2.24, 2.45) is 0 Å². The number of halogens is 1. The van der Waals surface area contributed by atoms with Gasteiger partial charge in [0, 0.05) is 13.2 Å². The molecule has 1 unspecified atom stereocenters. The number of hydrogen-bond acceptors (Lipinski definition) is 2. The Hall–Kier alpha value is -2.23. The summed E-state index contributed by atoms with van der Waals surface area (Å²) in [5, 5.41) is 0. The third kappa shape index (κ3) is 2.85. The molecule has 1 aromatic heterocycles. The molecule has 4 heteroatoms. The van der Waals surface area contributed by atoms with E-state index in [9.17, 15) is 9.18 Å². The summed E-state index contributed by atoms with van der Waals surface area (Å²) in [6.45, 7) is 3.93. The second kappa shape index (κ2) is 5.82. The molecule has 0 aliphatic rings. The van der Waals surface area contributed by atoms with Gasteiger partial charge in [0.15, 0.2) is 5.82 Å². The first-order valence-electron chi connectivity index (χ1n) is 6.44. The van der Waals surface area contributed by atoms with Crippen LogP contribution in [-0.4, -0.2) is 22.8 Å². The average Bonchev–Trinajstić information content (AvgIpc) is 2.46. The standard InChI is InChI=1S/C16H17FN2O/c1-11-4-6-13(7-5-11)12(2)19(3)16(20)14-8-9-18-10-15(14)17/h4-10,12H,1-3H3. The number of aryl methyl sites for hydroxylation is 1. The molecule has 0 aliphatic carbocycles. The van der Waals surface area contributed by atoms with Gasteiger partial charge in [0.05, 0.1) is 17.8 Å². The van der Waals surface area contributed by atoms with Crippen LogP contribution >= 0.6 is 0 Å². The molecular weight excluding hydrogens is 255 g/mol. The van der Waals surface area contributed by atoms with Gasteiger partial charge in [-0.05, 0) is 25.5 Å². The predicted molar refractivity (Wildman–Crippen MR) is 75.9 cm³/mol. The largest absolute Gasteiger partial charge is 0.335 e. The lowest BCUT2D eigenvalue weighted by atomic mass is 10.0. The lowest BCUT2D eigenvalue weighted by molar-refractivity contribution is 0.0737. The number of hydrogen-bond donors (Lipinski definition) is 0. The summed E-state index contributed by atoms with van der Waals surface area (Å²) < 4.78 is 13.6. The number of carbonyl (C=O) groups excluding carboxylic acids is 1. The third-order valence-corrected chi connectivity index (χ3v) is 3.46. The van der Waals surface area contributed by atoms with Crippen LogP contribution < -0.4 is 0 Å². The Morgan fingerprint density at radius 3 is 2.50 bits per heavy atom. The molecule has 0 N–H and O–H groups in total. The molecule has 0 aliphatic heterocycles. The lowest BCUT2D eigenvalue weighted by Crippen LogP contribution is -2.30. The SMILES string of the molecule is Cc1ccc(C(C)N(C)C(=O)c2ccncc2F)cc1. The van der Waals surface area contributed by atoms with Crippen molar-refractivity contribution < 1.29 is 9.18 Å². The molecule has 0 bridgehead atoms. The van der Waals surface area contributed by atoms with E-state index in [4.69, 9.17) is 0 Å². The van der Waals surface area contributed by atoms with Gasteiger partial charge in [-0.1, -0.05) is 29.8 Å². The summed E-state index contributed by atoms with van der Waals surface area (Å²) in [6, 6.07) is 9.22. The lowest BCUT2D eigenvalue weighted by Gasteiger charge is -2.25. The minimum atomic E-state index is -0.597. The van der Waals surface area contributed by atoms with Crippen molar-refractivity contribution in [2.75, 3.05) is 7.05 Å². The molecule has 0 spiro atoms. The van der Waals surface area contributed by atoms with Gasteiger partial charge in [0.1, 0.15) is 0 Å². The fourth-order valence-electron chi connectivity index (χ4n) is 1.98. The maximum Gasteiger partial charge on any atom is 0.257 e. The van der Waals surface area contributed by atoms with E-state index in [2.05, 4.69) is 4.98 Å². The molecule has 0 saturated heterocycles. The zero-order chi connectivity index (χ0) is 14.7. The second-order valence-corrected chi connectivity index (χ2v) is 4.86. The Morgan fingerprint density at radius 2 is 1.90 bits per heavy atom. The van der Waals surface area contributed by atoms with Gasteiger partial charge in [-0.15, -0.1) is 0 Å². The number of pyridine rings is 1. The van der Waals surface area contributed by atoms with Crippen LogP contribution in [-0.2, 0) is 0 Å². The Kier molecular flexibility index (Phi) is 4.13. The maximum absolute atomic E-state index is 13.6. The molecule has 1 amide bonds. The van der Waals surface area contributed by atoms with Gasteiger partial charge in [0.2, 0.25) is 0 Å². The summed E-state index contributed by atoms with van der Waals surface area (Å²) in [4.78, 5) is 17.5. The van der Waals surface area contributed by atoms with Gasteiger partial charge in [0.25, 0.3) is 5.91 Å². The van der Waals surface area contributed by atoms with Crippen molar-refractivity contribution in [1.29, 1.82) is 0 Å². The molecule has 20 heavy (non-hydrogen) atoms. The van der Waals surface area contributed by atoms with E-state index in [1.165, 1.54) is 17.2 Å². The highest BCUT2D eigenvalue weighted by Gasteiger charge is 2.21. The highest BCUT2D eigenvalue weighted by atomic mass is 19.1. The number of benzene rings is 1. The van der Waals surface area contributed by atoms with E-state index in [1.807, 2.05) is 38.1 Å². The topological polar surface area (TPSA) is 33.2 Å². The second-order valence-electron chi connectivity index (χ2n) is 4.86. The molecule has 1 atom stereocenters. The summed E-state index contributed by atoms with van der Waals surface area (Å²) in [6.07, 6.45) is 2.47. The van der Waals surface area contributed by atoms with Crippen LogP contribution in [0.2, 0.25) is 0 Å². The monoisotopic (exact) mass is 272 g/mol. The summed E-state index contributed by atoms with van der Waals surface area (Å²) >= 11 is 0. The van der Waals surface area contributed by atoms with Crippen LogP contribution in [0.1, 0.15) is 34.5 Å². The molecule has 0 saturated carbocycles. The third-order valence-electron chi connectivity index (χ3n) is 3.46. The average molecular weight is 272 g/mol. The first kappa shape index (κ1) is 14.2. The molecule has 104 valence electrons. The van der Waals surface area contributed by atoms with Gasteiger partial charge >= 0.3 is 0 Å². The van der Waals surface area contributed by atoms with Crippen molar-refractivity contribution in [2.45, 2.75) is 19.9 Å². The van der Waals surface area contributed by atoms with Crippen molar-refractivity contribution >= 4 is 5.91 Å². The van der Waals surface area contributed by atoms with E-state index >= 15 is 0 Å². The Labute approximate surface area is 118 Å². The van der Waals surface area contributed by atoms with Crippen LogP contribution in [0.3, 0.4) is 0 Å². The number of rotatable bonds is 3. The normalized spacial score (nSPS) is 12.0. The summed E-state index contributed by atoms with van der Waals surface area (Å²) in [7, 11) is 1.67. The molecule has 1 heterocycles. The number of aromatic nitrogens is 1. The van der Waals surface area contributed by atoms with Crippen molar-refractivity contribution in [1.82, 2.24) is 9.88 Å². The first-order chi connectivity index (χ1) is 9.50. The van der Waals surface area contributed by atoms with E-state index in [-0.39, 0.29) is 17.5 Å². The highest BCUT2D eigenvalue weighted by Crippen LogP contribution is 2.21. The molecule has 2 aromatic rings. The molecule has 2 rings (SSSR count).